The lowest BCUT2D eigenvalue weighted by Crippen LogP contribution is -2.50. The minimum atomic E-state index is -0.483. The van der Waals surface area contributed by atoms with Gasteiger partial charge >= 0.3 is 0 Å². The van der Waals surface area contributed by atoms with Crippen LogP contribution in [0, 0.1) is 0 Å². The summed E-state index contributed by atoms with van der Waals surface area (Å²) < 4.78 is 5.33. The zero-order valence-corrected chi connectivity index (χ0v) is 16.1. The van der Waals surface area contributed by atoms with E-state index in [-0.39, 0.29) is 0 Å². The molecule has 8 nitrogen and oxygen atoms in total. The van der Waals surface area contributed by atoms with Gasteiger partial charge in [0.05, 0.1) is 11.8 Å². The van der Waals surface area contributed by atoms with Crippen molar-refractivity contribution >= 4 is 28.4 Å². The fourth-order valence-electron chi connectivity index (χ4n) is 3.71. The van der Waals surface area contributed by atoms with E-state index in [0.29, 0.717) is 43.2 Å². The maximum absolute atomic E-state index is 12.8. The van der Waals surface area contributed by atoms with Gasteiger partial charge < -0.3 is 19.2 Å². The minimum absolute atomic E-state index is 0.414. The van der Waals surface area contributed by atoms with Crippen LogP contribution in [0.3, 0.4) is 0 Å². The molecule has 1 fully saturated rings. The monoisotopic (exact) mass is 401 g/mol. The fourth-order valence-corrected chi connectivity index (χ4v) is 3.71. The number of H-pyrrole nitrogens is 1. The number of ketones is 1. The average molecular weight is 401 g/mol. The minimum Gasteiger partial charge on any atom is -0.463 e. The quantitative estimate of drug-likeness (QED) is 0.417. The summed E-state index contributed by atoms with van der Waals surface area (Å²) in [4.78, 5) is 32.2. The van der Waals surface area contributed by atoms with Gasteiger partial charge in [-0.05, 0) is 30.3 Å². The normalized spacial score (nSPS) is 14.3. The molecule has 0 bridgehead atoms. The molecule has 150 valence electrons. The number of hydrogen-bond acceptors (Lipinski definition) is 6. The first-order chi connectivity index (χ1) is 14.7. The first kappa shape index (κ1) is 18.1. The van der Waals surface area contributed by atoms with Crippen molar-refractivity contribution < 1.29 is 14.0 Å². The van der Waals surface area contributed by atoms with Crippen LogP contribution in [-0.4, -0.2) is 58.0 Å². The molecule has 0 saturated carbocycles. The van der Waals surface area contributed by atoms with Gasteiger partial charge in [-0.2, -0.15) is 0 Å². The SMILES string of the molecule is O=C(C(=O)N1CCN(c2ccc(-c3ccco3)nn2)CC1)c1c[nH]c2ccccc12. The van der Waals surface area contributed by atoms with E-state index in [2.05, 4.69) is 20.1 Å². The molecule has 1 saturated heterocycles. The number of aromatic amines is 1. The van der Waals surface area contributed by atoms with E-state index in [1.165, 1.54) is 0 Å². The molecule has 1 aliphatic heterocycles. The van der Waals surface area contributed by atoms with E-state index in [0.717, 1.165) is 16.7 Å². The van der Waals surface area contributed by atoms with Gasteiger partial charge in [-0.15, -0.1) is 10.2 Å². The number of aromatic nitrogens is 3. The number of fused-ring (bicyclic) bond motifs is 1. The van der Waals surface area contributed by atoms with E-state index in [1.807, 2.05) is 42.5 Å². The molecule has 1 N–H and O–H groups in total. The zero-order chi connectivity index (χ0) is 20.5. The summed E-state index contributed by atoms with van der Waals surface area (Å²) in [6.45, 7) is 2.08. The second-order valence-corrected chi connectivity index (χ2v) is 7.11. The van der Waals surface area contributed by atoms with Gasteiger partial charge in [0.15, 0.2) is 11.6 Å². The predicted octanol–water partition coefficient (Wildman–Crippen LogP) is 2.75. The first-order valence-electron chi connectivity index (χ1n) is 9.73. The highest BCUT2D eigenvalue weighted by Crippen LogP contribution is 2.21. The molecule has 8 heteroatoms. The van der Waals surface area contributed by atoms with Crippen LogP contribution in [-0.2, 0) is 4.79 Å². The van der Waals surface area contributed by atoms with Crippen LogP contribution in [0.15, 0.2) is 65.4 Å². The van der Waals surface area contributed by atoms with Gasteiger partial charge in [0.25, 0.3) is 11.7 Å². The van der Waals surface area contributed by atoms with Crippen LogP contribution >= 0.6 is 0 Å². The molecule has 3 aromatic heterocycles. The van der Waals surface area contributed by atoms with Crippen molar-refractivity contribution in [3.63, 3.8) is 0 Å². The summed E-state index contributed by atoms with van der Waals surface area (Å²) in [6.07, 6.45) is 3.20. The molecule has 0 unspecified atom stereocenters. The van der Waals surface area contributed by atoms with Gasteiger partial charge in [0, 0.05) is 43.3 Å². The molecule has 4 heterocycles. The Morgan fingerprint density at radius 1 is 0.933 bits per heavy atom. The molecule has 4 aromatic rings. The number of carbonyl (C=O) groups is 2. The Morgan fingerprint density at radius 2 is 1.77 bits per heavy atom. The van der Waals surface area contributed by atoms with Crippen molar-refractivity contribution in [3.8, 4) is 11.5 Å². The fraction of sp³-hybridized carbons (Fsp3) is 0.182. The number of anilines is 1. The number of nitrogens with zero attached hydrogens (tertiary/aromatic N) is 4. The third-order valence-corrected chi connectivity index (χ3v) is 5.34. The second-order valence-electron chi connectivity index (χ2n) is 7.11. The molecule has 0 radical (unpaired) electrons. The summed E-state index contributed by atoms with van der Waals surface area (Å²) in [5.74, 6) is 0.447. The Morgan fingerprint density at radius 3 is 2.50 bits per heavy atom. The van der Waals surface area contributed by atoms with Gasteiger partial charge in [0.1, 0.15) is 5.69 Å². The third-order valence-electron chi connectivity index (χ3n) is 5.34. The highest BCUT2D eigenvalue weighted by molar-refractivity contribution is 6.44. The molecule has 5 rings (SSSR count). The molecular formula is C22H19N5O3. The van der Waals surface area contributed by atoms with E-state index in [1.54, 1.807) is 23.4 Å². The Hall–Kier alpha value is -3.94. The largest absolute Gasteiger partial charge is 0.463 e. The van der Waals surface area contributed by atoms with Crippen LogP contribution in [0.4, 0.5) is 5.82 Å². The van der Waals surface area contributed by atoms with E-state index < -0.39 is 11.7 Å². The van der Waals surface area contributed by atoms with Gasteiger partial charge in [-0.1, -0.05) is 18.2 Å². The lowest BCUT2D eigenvalue weighted by Gasteiger charge is -2.34. The number of benzene rings is 1. The van der Waals surface area contributed by atoms with Crippen molar-refractivity contribution in [1.82, 2.24) is 20.1 Å². The zero-order valence-electron chi connectivity index (χ0n) is 16.1. The predicted molar refractivity (Wildman–Crippen MR) is 111 cm³/mol. The standard InChI is InChI=1S/C22H19N5O3/c28-21(16-14-23-17-5-2-1-4-15(16)17)22(29)27-11-9-26(10-12-27)20-8-7-18(24-25-20)19-6-3-13-30-19/h1-8,13-14,23H,9-12H2. The molecule has 0 atom stereocenters. The molecule has 1 aliphatic rings. The number of carbonyl (C=O) groups excluding carboxylic acids is 2. The number of rotatable bonds is 4. The molecule has 1 aromatic carbocycles. The number of hydrogen-bond donors (Lipinski definition) is 1. The summed E-state index contributed by atoms with van der Waals surface area (Å²) in [7, 11) is 0. The van der Waals surface area contributed by atoms with E-state index in [9.17, 15) is 9.59 Å². The topological polar surface area (TPSA) is 95.3 Å². The summed E-state index contributed by atoms with van der Waals surface area (Å²) in [5, 5.41) is 9.26. The van der Waals surface area contributed by atoms with Crippen LogP contribution in [0.2, 0.25) is 0 Å². The number of Topliss-reactive ketones (excluding diaryl/α,β-unsaturated/α-hetero) is 1. The first-order valence-corrected chi connectivity index (χ1v) is 9.73. The Kier molecular flexibility index (Phi) is 4.51. The average Bonchev–Trinajstić information content (AvgIpc) is 3.49. The van der Waals surface area contributed by atoms with Crippen molar-refractivity contribution in [1.29, 1.82) is 0 Å². The number of para-hydroxylation sites is 1. The summed E-state index contributed by atoms with van der Waals surface area (Å²) in [5.41, 5.74) is 1.93. The van der Waals surface area contributed by atoms with Crippen LogP contribution in [0.25, 0.3) is 22.4 Å². The van der Waals surface area contributed by atoms with Gasteiger partial charge in [-0.3, -0.25) is 9.59 Å². The smallest absolute Gasteiger partial charge is 0.295 e. The van der Waals surface area contributed by atoms with Gasteiger partial charge in [0.2, 0.25) is 0 Å². The number of amides is 1. The Labute approximate surface area is 172 Å². The number of piperazine rings is 1. The lowest BCUT2D eigenvalue weighted by molar-refractivity contribution is -0.126. The number of nitrogens with one attached hydrogen (secondary N) is 1. The highest BCUT2D eigenvalue weighted by Gasteiger charge is 2.28. The van der Waals surface area contributed by atoms with E-state index in [4.69, 9.17) is 4.42 Å². The molecule has 0 spiro atoms. The lowest BCUT2D eigenvalue weighted by atomic mass is 10.1. The summed E-state index contributed by atoms with van der Waals surface area (Å²) >= 11 is 0. The molecule has 30 heavy (non-hydrogen) atoms. The van der Waals surface area contributed by atoms with Crippen LogP contribution in [0.5, 0.6) is 0 Å². The van der Waals surface area contributed by atoms with Crippen molar-refractivity contribution in [3.05, 3.63) is 66.6 Å². The molecular weight excluding hydrogens is 382 g/mol. The Balaban J connectivity index is 1.24. The van der Waals surface area contributed by atoms with Crippen LogP contribution in [0.1, 0.15) is 10.4 Å². The summed E-state index contributed by atoms with van der Waals surface area (Å²) in [6, 6.07) is 14.9. The van der Waals surface area contributed by atoms with Crippen LogP contribution < -0.4 is 4.90 Å². The maximum atomic E-state index is 12.8. The Bertz CT molecular complexity index is 1190. The second kappa shape index (κ2) is 7.47. The molecule has 1 amide bonds. The number of furan rings is 1. The molecule has 0 aliphatic carbocycles. The van der Waals surface area contributed by atoms with Gasteiger partial charge in [-0.25, -0.2) is 0 Å². The van der Waals surface area contributed by atoms with E-state index >= 15 is 0 Å². The van der Waals surface area contributed by atoms with Crippen molar-refractivity contribution in [2.45, 2.75) is 0 Å². The van der Waals surface area contributed by atoms with Crippen molar-refractivity contribution in [2.24, 2.45) is 0 Å². The maximum Gasteiger partial charge on any atom is 0.295 e. The van der Waals surface area contributed by atoms with Crippen molar-refractivity contribution in [2.75, 3.05) is 31.1 Å². The third kappa shape index (κ3) is 3.22. The highest BCUT2D eigenvalue weighted by atomic mass is 16.3.